The zero-order valence-electron chi connectivity index (χ0n) is 8.78. The molecule has 1 aromatic carbocycles. The van der Waals surface area contributed by atoms with Crippen molar-refractivity contribution >= 4 is 49.8 Å². The quantitative estimate of drug-likeness (QED) is 0.451. The summed E-state index contributed by atoms with van der Waals surface area (Å²) in [6.07, 6.45) is 0. The average molecular weight is 391 g/mol. The van der Waals surface area contributed by atoms with Crippen molar-refractivity contribution in [2.75, 3.05) is 5.75 Å². The van der Waals surface area contributed by atoms with Gasteiger partial charge in [0.25, 0.3) is 2.21 Å². The lowest BCUT2D eigenvalue weighted by Crippen LogP contribution is -2.36. The summed E-state index contributed by atoms with van der Waals surface area (Å²) in [4.78, 5) is 11.9. The average Bonchev–Trinajstić information content (AvgIpc) is 2.28. The molecule has 0 saturated carbocycles. The Hall–Kier alpha value is -0.210. The molecule has 7 heteroatoms. The second-order valence-electron chi connectivity index (χ2n) is 3.23. The molecule has 17 heavy (non-hydrogen) atoms. The summed E-state index contributed by atoms with van der Waals surface area (Å²) in [6.45, 7) is 1.37. The summed E-state index contributed by atoms with van der Waals surface area (Å²) in [6, 6.07) is 5.13. The standard InChI is InChI=1S/C10H9ClFIO3S/c1-2-17(15,16)10(11,13)9(14)7-5-3-4-6-8(7)12/h3-6H,2H2,1H3/t10-/m0/s1. The molecule has 1 atom stereocenters. The molecule has 3 nitrogen and oxygen atoms in total. The molecule has 0 heterocycles. The summed E-state index contributed by atoms with van der Waals surface area (Å²) >= 11 is 7.09. The maximum atomic E-state index is 13.4. The highest BCUT2D eigenvalue weighted by Gasteiger charge is 2.46. The molecule has 0 saturated heterocycles. The van der Waals surface area contributed by atoms with Crippen molar-refractivity contribution in [3.8, 4) is 0 Å². The molecule has 0 unspecified atom stereocenters. The Labute approximate surface area is 117 Å². The third kappa shape index (κ3) is 2.79. The summed E-state index contributed by atoms with van der Waals surface area (Å²) in [7, 11) is -3.83. The van der Waals surface area contributed by atoms with E-state index in [4.69, 9.17) is 11.6 Å². The molecule has 94 valence electrons. The van der Waals surface area contributed by atoms with Crippen molar-refractivity contribution in [2.24, 2.45) is 0 Å². The number of Topliss-reactive ketones (excluding diaryl/α,β-unsaturated/α-hetero) is 1. The number of alkyl halides is 2. The summed E-state index contributed by atoms with van der Waals surface area (Å²) in [5, 5.41) is 0. The van der Waals surface area contributed by atoms with E-state index in [0.29, 0.717) is 0 Å². The molecule has 0 aliphatic rings. The second-order valence-corrected chi connectivity index (χ2v) is 9.43. The highest BCUT2D eigenvalue weighted by Crippen LogP contribution is 2.36. The van der Waals surface area contributed by atoms with E-state index in [9.17, 15) is 17.6 Å². The maximum Gasteiger partial charge on any atom is 0.257 e. The van der Waals surface area contributed by atoms with Crippen LogP contribution in [0.1, 0.15) is 17.3 Å². The Morgan fingerprint density at radius 2 is 2.00 bits per heavy atom. The van der Waals surface area contributed by atoms with Crippen LogP contribution in [0, 0.1) is 5.82 Å². The number of sulfone groups is 1. The van der Waals surface area contributed by atoms with Crippen molar-refractivity contribution in [3.05, 3.63) is 35.6 Å². The van der Waals surface area contributed by atoms with Gasteiger partial charge in [-0.2, -0.15) is 0 Å². The van der Waals surface area contributed by atoms with E-state index in [2.05, 4.69) is 0 Å². The van der Waals surface area contributed by atoms with Gasteiger partial charge in [-0.15, -0.1) is 0 Å². The Kier molecular flexibility index (Phi) is 4.54. The van der Waals surface area contributed by atoms with Crippen molar-refractivity contribution in [3.63, 3.8) is 0 Å². The molecule has 0 fully saturated rings. The van der Waals surface area contributed by atoms with Gasteiger partial charge in [-0.25, -0.2) is 12.8 Å². The van der Waals surface area contributed by atoms with Crippen LogP contribution in [-0.2, 0) is 9.84 Å². The number of carbonyl (C=O) groups is 1. The first-order valence-corrected chi connectivity index (χ1v) is 7.74. The largest absolute Gasteiger partial charge is 0.290 e. The van der Waals surface area contributed by atoms with Gasteiger partial charge in [-0.1, -0.05) is 30.7 Å². The fourth-order valence-electron chi connectivity index (χ4n) is 1.12. The van der Waals surface area contributed by atoms with Gasteiger partial charge in [-0.05, 0) is 34.7 Å². The summed E-state index contributed by atoms with van der Waals surface area (Å²) in [5.41, 5.74) is -0.325. The van der Waals surface area contributed by atoms with Gasteiger partial charge in [0.05, 0.1) is 11.3 Å². The Bertz CT molecular complexity index is 542. The zero-order valence-corrected chi connectivity index (χ0v) is 12.5. The number of hydrogen-bond donors (Lipinski definition) is 0. The highest BCUT2D eigenvalue weighted by atomic mass is 127. The minimum Gasteiger partial charge on any atom is -0.290 e. The van der Waals surface area contributed by atoms with Crippen molar-refractivity contribution < 1.29 is 17.6 Å². The molecule has 0 bridgehead atoms. The summed E-state index contributed by atoms with van der Waals surface area (Å²) < 4.78 is 34.5. The fourth-order valence-corrected chi connectivity index (χ4v) is 3.53. The topological polar surface area (TPSA) is 51.2 Å². The van der Waals surface area contributed by atoms with Gasteiger partial charge < -0.3 is 0 Å². The smallest absolute Gasteiger partial charge is 0.257 e. The molecule has 0 amide bonds. The predicted octanol–water partition coefficient (Wildman–Crippen LogP) is 2.77. The van der Waals surface area contributed by atoms with E-state index in [1.807, 2.05) is 0 Å². The van der Waals surface area contributed by atoms with Crippen LogP contribution in [0.2, 0.25) is 0 Å². The minimum absolute atomic E-state index is 0.292. The fraction of sp³-hybridized carbons (Fsp3) is 0.300. The van der Waals surface area contributed by atoms with Crippen LogP contribution in [0.3, 0.4) is 0 Å². The maximum absolute atomic E-state index is 13.4. The van der Waals surface area contributed by atoms with Gasteiger partial charge in [0.2, 0.25) is 5.78 Å². The first kappa shape index (κ1) is 14.8. The molecule has 1 rings (SSSR count). The molecular weight excluding hydrogens is 382 g/mol. The second kappa shape index (κ2) is 5.19. The molecule has 0 aliphatic heterocycles. The van der Waals surface area contributed by atoms with Crippen LogP contribution < -0.4 is 0 Å². The number of hydrogen-bond acceptors (Lipinski definition) is 3. The van der Waals surface area contributed by atoms with Gasteiger partial charge in [0.1, 0.15) is 5.82 Å². The molecule has 1 aromatic rings. The minimum atomic E-state index is -3.83. The SMILES string of the molecule is CCS(=O)(=O)[C@@](Cl)(I)C(=O)c1ccccc1F. The van der Waals surface area contributed by atoms with Crippen LogP contribution in [-0.4, -0.2) is 22.2 Å². The van der Waals surface area contributed by atoms with E-state index >= 15 is 0 Å². The predicted molar refractivity (Wildman–Crippen MR) is 72.8 cm³/mol. The third-order valence-corrected chi connectivity index (χ3v) is 7.26. The lowest BCUT2D eigenvalue weighted by atomic mass is 10.1. The van der Waals surface area contributed by atoms with Crippen LogP contribution >= 0.6 is 34.2 Å². The van der Waals surface area contributed by atoms with Crippen LogP contribution in [0.25, 0.3) is 0 Å². The van der Waals surface area contributed by atoms with E-state index in [1.54, 1.807) is 0 Å². The summed E-state index contributed by atoms with van der Waals surface area (Å²) in [5.74, 6) is -2.04. The third-order valence-electron chi connectivity index (χ3n) is 2.15. The number of ketones is 1. The number of benzene rings is 1. The first-order chi connectivity index (χ1) is 7.74. The van der Waals surface area contributed by atoms with Crippen molar-refractivity contribution in [1.29, 1.82) is 0 Å². The molecule has 0 aliphatic carbocycles. The molecular formula is C10H9ClFIO3S. The lowest BCUT2D eigenvalue weighted by molar-refractivity contribution is 0.0998. The van der Waals surface area contributed by atoms with Crippen LogP contribution in [0.4, 0.5) is 4.39 Å². The van der Waals surface area contributed by atoms with Gasteiger partial charge in [0, 0.05) is 0 Å². The van der Waals surface area contributed by atoms with Gasteiger partial charge in [-0.3, -0.25) is 4.79 Å². The van der Waals surface area contributed by atoms with E-state index < -0.39 is 23.7 Å². The number of rotatable bonds is 4. The molecule has 0 spiro atoms. The van der Waals surface area contributed by atoms with E-state index in [0.717, 1.165) is 6.07 Å². The Balaban J connectivity index is 3.28. The van der Waals surface area contributed by atoms with Gasteiger partial charge in [0.15, 0.2) is 9.84 Å². The van der Waals surface area contributed by atoms with Crippen LogP contribution in [0.15, 0.2) is 24.3 Å². The van der Waals surface area contributed by atoms with Crippen LogP contribution in [0.5, 0.6) is 0 Å². The molecule has 0 aromatic heterocycles. The van der Waals surface area contributed by atoms with E-state index in [-0.39, 0.29) is 11.3 Å². The van der Waals surface area contributed by atoms with Gasteiger partial charge >= 0.3 is 0 Å². The molecule has 0 N–H and O–H groups in total. The molecule has 0 radical (unpaired) electrons. The normalized spacial score (nSPS) is 15.3. The number of halogens is 3. The van der Waals surface area contributed by atoms with E-state index in [1.165, 1.54) is 47.7 Å². The first-order valence-electron chi connectivity index (χ1n) is 4.63. The van der Waals surface area contributed by atoms with Crippen molar-refractivity contribution in [1.82, 2.24) is 0 Å². The monoisotopic (exact) mass is 390 g/mol. The lowest BCUT2D eigenvalue weighted by Gasteiger charge is -2.18. The highest BCUT2D eigenvalue weighted by molar-refractivity contribution is 14.1. The Morgan fingerprint density at radius 1 is 1.47 bits per heavy atom. The van der Waals surface area contributed by atoms with Crippen molar-refractivity contribution in [2.45, 2.75) is 9.14 Å². The Morgan fingerprint density at radius 3 is 2.47 bits per heavy atom. The number of carbonyl (C=O) groups excluding carboxylic acids is 1. The zero-order chi connectivity index (χ0) is 13.3.